The topological polar surface area (TPSA) is 60.9 Å². The largest absolute Gasteiger partial charge is 0.481 e. The molecule has 1 atom stereocenters. The summed E-state index contributed by atoms with van der Waals surface area (Å²) in [5.74, 6) is -1.18. The van der Waals surface area contributed by atoms with Crippen molar-refractivity contribution in [1.29, 1.82) is 0 Å². The Labute approximate surface area is 165 Å². The van der Waals surface area contributed by atoms with Crippen molar-refractivity contribution < 1.29 is 14.7 Å². The molecule has 28 heavy (non-hydrogen) atoms. The lowest BCUT2D eigenvalue weighted by atomic mass is 9.98. The molecule has 146 valence electrons. The first-order valence-electron chi connectivity index (χ1n) is 10.1. The minimum Gasteiger partial charge on any atom is -0.481 e. The minimum absolute atomic E-state index is 0.0464. The van der Waals surface area contributed by atoms with Gasteiger partial charge in [0.2, 0.25) is 5.91 Å². The first-order valence-corrected chi connectivity index (χ1v) is 10.1. The molecule has 2 heterocycles. The molecular weight excluding hydrogens is 352 g/mol. The van der Waals surface area contributed by atoms with E-state index in [-0.39, 0.29) is 5.91 Å². The van der Waals surface area contributed by atoms with E-state index in [9.17, 15) is 14.7 Å². The molecule has 0 bridgehead atoms. The van der Waals surface area contributed by atoms with E-state index in [1.165, 1.54) is 22.5 Å². The molecule has 1 saturated heterocycles. The fourth-order valence-electron chi connectivity index (χ4n) is 4.38. The Kier molecular flexibility index (Phi) is 5.33. The maximum Gasteiger partial charge on any atom is 0.308 e. The lowest BCUT2D eigenvalue weighted by Gasteiger charge is -2.32. The predicted octanol–water partition coefficient (Wildman–Crippen LogP) is 3.64. The molecule has 0 radical (unpaired) electrons. The van der Waals surface area contributed by atoms with Gasteiger partial charge in [-0.25, -0.2) is 0 Å². The second kappa shape index (κ2) is 8.05. The van der Waals surface area contributed by atoms with Crippen molar-refractivity contribution in [2.24, 2.45) is 5.92 Å². The Bertz CT molecular complexity index is 832. The number of nitrogens with zero attached hydrogens (tertiary/aromatic N) is 2. The Morgan fingerprint density at radius 1 is 0.964 bits per heavy atom. The van der Waals surface area contributed by atoms with Gasteiger partial charge < -0.3 is 14.9 Å². The molecule has 2 aliphatic rings. The Morgan fingerprint density at radius 2 is 1.57 bits per heavy atom. The maximum atomic E-state index is 12.8. The van der Waals surface area contributed by atoms with E-state index in [1.807, 2.05) is 12.1 Å². The van der Waals surface area contributed by atoms with Crippen LogP contribution >= 0.6 is 0 Å². The Hall–Kier alpha value is -2.82. The van der Waals surface area contributed by atoms with E-state index in [0.717, 1.165) is 19.3 Å². The number of amides is 1. The van der Waals surface area contributed by atoms with Crippen molar-refractivity contribution in [3.05, 3.63) is 59.7 Å². The number of carboxylic acids is 1. The molecule has 0 unspecified atom stereocenters. The third-order valence-electron chi connectivity index (χ3n) is 5.90. The van der Waals surface area contributed by atoms with Crippen molar-refractivity contribution in [3.8, 4) is 0 Å². The van der Waals surface area contributed by atoms with Crippen LogP contribution in [0.3, 0.4) is 0 Å². The maximum absolute atomic E-state index is 12.8. The number of likely N-dealkylation sites (tertiary alicyclic amines) is 1. The van der Waals surface area contributed by atoms with E-state index in [4.69, 9.17) is 0 Å². The third-order valence-corrected chi connectivity index (χ3v) is 5.90. The fraction of sp³-hybridized carbons (Fsp3) is 0.391. The van der Waals surface area contributed by atoms with Crippen LogP contribution in [0.4, 0.5) is 11.4 Å². The standard InChI is InChI=1S/C23H26N2O3/c26-22(24-14-5-8-19(16-24)23(27)28)13-15-25-20-9-3-1-6-17(20)11-12-18-7-2-4-10-21(18)25/h1-4,6-7,9-10,19H,5,8,11-16H2,(H,27,28)/t19-/m1/s1. The average Bonchev–Trinajstić information content (AvgIpc) is 2.89. The van der Waals surface area contributed by atoms with Gasteiger partial charge in [-0.15, -0.1) is 0 Å². The Balaban J connectivity index is 1.53. The Morgan fingerprint density at radius 3 is 2.18 bits per heavy atom. The summed E-state index contributed by atoms with van der Waals surface area (Å²) in [6.45, 7) is 1.60. The van der Waals surface area contributed by atoms with Crippen LogP contribution in [-0.2, 0) is 22.4 Å². The first-order chi connectivity index (χ1) is 13.6. The number of carbonyl (C=O) groups excluding carboxylic acids is 1. The minimum atomic E-state index is -0.798. The second-order valence-corrected chi connectivity index (χ2v) is 7.68. The number of piperidine rings is 1. The number of hydrogen-bond donors (Lipinski definition) is 1. The van der Waals surface area contributed by atoms with Gasteiger partial charge in [-0.05, 0) is 48.9 Å². The molecular formula is C23H26N2O3. The van der Waals surface area contributed by atoms with Crippen LogP contribution < -0.4 is 4.90 Å². The van der Waals surface area contributed by atoms with Gasteiger partial charge in [0.1, 0.15) is 0 Å². The van der Waals surface area contributed by atoms with Crippen LogP contribution in [0.1, 0.15) is 30.4 Å². The van der Waals surface area contributed by atoms with Gasteiger partial charge in [0.05, 0.1) is 5.92 Å². The van der Waals surface area contributed by atoms with E-state index < -0.39 is 11.9 Å². The van der Waals surface area contributed by atoms with Crippen molar-refractivity contribution in [1.82, 2.24) is 4.90 Å². The molecule has 0 spiro atoms. The van der Waals surface area contributed by atoms with Crippen LogP contribution in [0.25, 0.3) is 0 Å². The molecule has 2 aliphatic heterocycles. The number of fused-ring (bicyclic) bond motifs is 2. The van der Waals surface area contributed by atoms with Gasteiger partial charge in [-0.3, -0.25) is 9.59 Å². The van der Waals surface area contributed by atoms with Crippen molar-refractivity contribution in [2.45, 2.75) is 32.1 Å². The highest BCUT2D eigenvalue weighted by Gasteiger charge is 2.28. The molecule has 5 nitrogen and oxygen atoms in total. The summed E-state index contributed by atoms with van der Waals surface area (Å²) in [7, 11) is 0. The van der Waals surface area contributed by atoms with Crippen molar-refractivity contribution >= 4 is 23.3 Å². The number of benzene rings is 2. The highest BCUT2D eigenvalue weighted by molar-refractivity contribution is 5.80. The molecule has 0 aliphatic carbocycles. The lowest BCUT2D eigenvalue weighted by Crippen LogP contribution is -2.43. The molecule has 1 amide bonds. The third kappa shape index (κ3) is 3.75. The molecule has 0 saturated carbocycles. The van der Waals surface area contributed by atoms with Crippen LogP contribution in [0.5, 0.6) is 0 Å². The highest BCUT2D eigenvalue weighted by atomic mass is 16.4. The summed E-state index contributed by atoms with van der Waals surface area (Å²) in [6.07, 6.45) is 3.78. The van der Waals surface area contributed by atoms with Crippen molar-refractivity contribution in [3.63, 3.8) is 0 Å². The summed E-state index contributed by atoms with van der Waals surface area (Å²) in [6, 6.07) is 16.8. The number of hydrogen-bond acceptors (Lipinski definition) is 3. The number of carboxylic acid groups (broad SMARTS) is 1. The van der Waals surface area contributed by atoms with Crippen LogP contribution in [0, 0.1) is 5.92 Å². The quantitative estimate of drug-likeness (QED) is 0.882. The van der Waals surface area contributed by atoms with Gasteiger partial charge >= 0.3 is 5.97 Å². The number of carbonyl (C=O) groups is 2. The van der Waals surface area contributed by atoms with E-state index in [2.05, 4.69) is 41.3 Å². The van der Waals surface area contributed by atoms with Gasteiger partial charge in [0, 0.05) is 37.4 Å². The zero-order valence-corrected chi connectivity index (χ0v) is 16.0. The second-order valence-electron chi connectivity index (χ2n) is 7.68. The number of para-hydroxylation sites is 2. The molecule has 4 rings (SSSR count). The zero-order chi connectivity index (χ0) is 19.5. The summed E-state index contributed by atoms with van der Waals surface area (Å²) in [4.78, 5) is 28.1. The van der Waals surface area contributed by atoms with Crippen LogP contribution in [0.15, 0.2) is 48.5 Å². The molecule has 1 N–H and O–H groups in total. The molecule has 5 heteroatoms. The molecule has 2 aromatic rings. The molecule has 1 fully saturated rings. The number of rotatable bonds is 4. The van der Waals surface area contributed by atoms with Gasteiger partial charge in [-0.1, -0.05) is 36.4 Å². The van der Waals surface area contributed by atoms with Gasteiger partial charge in [0.25, 0.3) is 0 Å². The summed E-state index contributed by atoms with van der Waals surface area (Å²) < 4.78 is 0. The summed E-state index contributed by atoms with van der Waals surface area (Å²) in [5, 5.41) is 9.28. The average molecular weight is 378 g/mol. The van der Waals surface area contributed by atoms with E-state index in [0.29, 0.717) is 32.5 Å². The van der Waals surface area contributed by atoms with Crippen molar-refractivity contribution in [2.75, 3.05) is 24.5 Å². The summed E-state index contributed by atoms with van der Waals surface area (Å²) in [5.41, 5.74) is 4.94. The summed E-state index contributed by atoms with van der Waals surface area (Å²) >= 11 is 0. The number of aliphatic carboxylic acids is 1. The van der Waals surface area contributed by atoms with Crippen LogP contribution in [-0.4, -0.2) is 41.5 Å². The zero-order valence-electron chi connectivity index (χ0n) is 16.0. The normalized spacial score (nSPS) is 18.8. The molecule has 0 aromatic heterocycles. The van der Waals surface area contributed by atoms with E-state index >= 15 is 0 Å². The monoisotopic (exact) mass is 378 g/mol. The predicted molar refractivity (Wildman–Crippen MR) is 109 cm³/mol. The fourth-order valence-corrected chi connectivity index (χ4v) is 4.38. The lowest BCUT2D eigenvalue weighted by molar-refractivity contribution is -0.145. The number of aryl methyl sites for hydroxylation is 2. The number of anilines is 2. The van der Waals surface area contributed by atoms with E-state index in [1.54, 1.807) is 4.90 Å². The smallest absolute Gasteiger partial charge is 0.308 e. The SMILES string of the molecule is O=C(O)[C@@H]1CCCN(C(=O)CCN2c3ccccc3CCc3ccccc32)C1. The van der Waals surface area contributed by atoms with Gasteiger partial charge in [-0.2, -0.15) is 0 Å². The van der Waals surface area contributed by atoms with Crippen LogP contribution in [0.2, 0.25) is 0 Å². The van der Waals surface area contributed by atoms with Gasteiger partial charge in [0.15, 0.2) is 0 Å². The first kappa shape index (κ1) is 18.5. The highest BCUT2D eigenvalue weighted by Crippen LogP contribution is 2.36. The molecule has 2 aromatic carbocycles.